The maximum Gasteiger partial charge on any atom is 0.250 e. The second-order valence-electron chi connectivity index (χ2n) is 5.70. The number of ether oxygens (including phenoxy) is 1. The van der Waals surface area contributed by atoms with E-state index in [2.05, 4.69) is 20.7 Å². The van der Waals surface area contributed by atoms with Crippen LogP contribution in [0.4, 0.5) is 0 Å². The first-order valence-corrected chi connectivity index (χ1v) is 9.68. The Labute approximate surface area is 171 Å². The number of carbonyl (C=O) groups is 1. The Hall–Kier alpha value is -2.84. The number of nitrogens with one attached hydrogen (secondary N) is 1. The van der Waals surface area contributed by atoms with Crippen molar-refractivity contribution >= 4 is 35.5 Å². The van der Waals surface area contributed by atoms with Crippen molar-refractivity contribution in [3.05, 3.63) is 59.1 Å². The number of hydrazone groups is 1. The van der Waals surface area contributed by atoms with Crippen LogP contribution in [0.2, 0.25) is 5.02 Å². The second kappa shape index (κ2) is 9.38. The first-order chi connectivity index (χ1) is 13.6. The summed E-state index contributed by atoms with van der Waals surface area (Å²) >= 11 is 7.31. The molecule has 0 bridgehead atoms. The van der Waals surface area contributed by atoms with Gasteiger partial charge < -0.3 is 9.30 Å². The van der Waals surface area contributed by atoms with Crippen molar-refractivity contribution in [3.8, 4) is 17.1 Å². The first-order valence-electron chi connectivity index (χ1n) is 8.31. The maximum atomic E-state index is 12.0. The van der Waals surface area contributed by atoms with E-state index < -0.39 is 0 Å². The van der Waals surface area contributed by atoms with E-state index in [1.54, 1.807) is 19.4 Å². The van der Waals surface area contributed by atoms with E-state index in [9.17, 15) is 4.79 Å². The molecular weight excluding hydrogens is 398 g/mol. The van der Waals surface area contributed by atoms with Crippen LogP contribution in [0.5, 0.6) is 5.75 Å². The monoisotopic (exact) mass is 415 g/mol. The Balaban J connectivity index is 1.57. The Morgan fingerprint density at radius 2 is 2.11 bits per heavy atom. The number of rotatable bonds is 7. The average Bonchev–Trinajstić information content (AvgIpc) is 3.07. The van der Waals surface area contributed by atoms with E-state index >= 15 is 0 Å². The fourth-order valence-electron chi connectivity index (χ4n) is 2.43. The molecule has 2 aromatic carbocycles. The van der Waals surface area contributed by atoms with Gasteiger partial charge in [0.1, 0.15) is 5.75 Å². The number of para-hydroxylation sites is 1. The normalized spacial score (nSPS) is 11.0. The Morgan fingerprint density at radius 1 is 1.29 bits per heavy atom. The zero-order chi connectivity index (χ0) is 19.9. The van der Waals surface area contributed by atoms with E-state index in [1.165, 1.54) is 11.8 Å². The highest BCUT2D eigenvalue weighted by Gasteiger charge is 2.13. The lowest BCUT2D eigenvalue weighted by Gasteiger charge is -2.04. The smallest absolute Gasteiger partial charge is 0.250 e. The number of thioether (sulfide) groups is 1. The van der Waals surface area contributed by atoms with E-state index in [1.807, 2.05) is 54.1 Å². The van der Waals surface area contributed by atoms with E-state index in [-0.39, 0.29) is 11.7 Å². The number of hydrogen-bond acceptors (Lipinski definition) is 6. The number of halogens is 1. The molecule has 3 aromatic rings. The van der Waals surface area contributed by atoms with Crippen LogP contribution in [-0.4, -0.2) is 39.7 Å². The number of aromatic nitrogens is 3. The molecule has 0 atom stereocenters. The quantitative estimate of drug-likeness (QED) is 0.363. The second-order valence-corrected chi connectivity index (χ2v) is 7.08. The molecule has 0 fully saturated rings. The molecule has 0 spiro atoms. The number of amides is 1. The van der Waals surface area contributed by atoms with Gasteiger partial charge in [-0.25, -0.2) is 5.43 Å². The van der Waals surface area contributed by atoms with Gasteiger partial charge in [-0.2, -0.15) is 5.10 Å². The molecule has 7 nitrogen and oxygen atoms in total. The minimum absolute atomic E-state index is 0.158. The molecular formula is C19H18ClN5O2S. The minimum atomic E-state index is -0.247. The highest BCUT2D eigenvalue weighted by Crippen LogP contribution is 2.24. The number of hydrogen-bond donors (Lipinski definition) is 1. The molecule has 1 aromatic heterocycles. The molecule has 0 aliphatic carbocycles. The summed E-state index contributed by atoms with van der Waals surface area (Å²) in [7, 11) is 3.43. The van der Waals surface area contributed by atoms with E-state index in [0.29, 0.717) is 21.8 Å². The van der Waals surface area contributed by atoms with Crippen molar-refractivity contribution in [2.45, 2.75) is 5.16 Å². The summed E-state index contributed by atoms with van der Waals surface area (Å²) in [6, 6.07) is 14.8. The lowest BCUT2D eigenvalue weighted by atomic mass is 10.2. The molecule has 1 N–H and O–H groups in total. The SMILES string of the molecule is COc1ccccc1C=NNC(=O)CSc1nnc(-c2cccc(Cl)c2)n1C. The van der Waals surface area contributed by atoms with Gasteiger partial charge in [-0.15, -0.1) is 10.2 Å². The molecule has 144 valence electrons. The van der Waals surface area contributed by atoms with Crippen LogP contribution in [0.1, 0.15) is 5.56 Å². The number of carbonyl (C=O) groups excluding carboxylic acids is 1. The minimum Gasteiger partial charge on any atom is -0.496 e. The van der Waals surface area contributed by atoms with Crippen molar-refractivity contribution in [2.24, 2.45) is 12.1 Å². The lowest BCUT2D eigenvalue weighted by molar-refractivity contribution is -0.118. The zero-order valence-electron chi connectivity index (χ0n) is 15.3. The van der Waals surface area contributed by atoms with Gasteiger partial charge >= 0.3 is 0 Å². The highest BCUT2D eigenvalue weighted by molar-refractivity contribution is 7.99. The molecule has 0 aliphatic rings. The zero-order valence-corrected chi connectivity index (χ0v) is 16.9. The average molecular weight is 416 g/mol. The molecule has 28 heavy (non-hydrogen) atoms. The van der Waals surface area contributed by atoms with Crippen LogP contribution in [0.3, 0.4) is 0 Å². The summed E-state index contributed by atoms with van der Waals surface area (Å²) in [5.41, 5.74) is 4.13. The van der Waals surface area contributed by atoms with Gasteiger partial charge in [0.15, 0.2) is 11.0 Å². The number of methoxy groups -OCH3 is 1. The molecule has 9 heteroatoms. The fraction of sp³-hybridized carbons (Fsp3) is 0.158. The van der Waals surface area contributed by atoms with Gasteiger partial charge in [-0.05, 0) is 24.3 Å². The van der Waals surface area contributed by atoms with Crippen molar-refractivity contribution in [1.82, 2.24) is 20.2 Å². The summed E-state index contributed by atoms with van der Waals surface area (Å²) in [4.78, 5) is 12.0. The molecule has 1 amide bonds. The van der Waals surface area contributed by atoms with Gasteiger partial charge in [0.2, 0.25) is 0 Å². The third-order valence-corrected chi connectivity index (χ3v) is 5.04. The van der Waals surface area contributed by atoms with Gasteiger partial charge in [0.05, 0.1) is 19.1 Å². The standard InChI is InChI=1S/C19H18ClN5O2S/c1-25-18(13-7-5-8-15(20)10-13)23-24-19(25)28-12-17(26)22-21-11-14-6-3-4-9-16(14)27-2/h3-11H,12H2,1-2H3,(H,22,26). The number of benzene rings is 2. The summed E-state index contributed by atoms with van der Waals surface area (Å²) in [5, 5.41) is 13.5. The van der Waals surface area contributed by atoms with Crippen molar-refractivity contribution in [1.29, 1.82) is 0 Å². The molecule has 0 radical (unpaired) electrons. The van der Waals surface area contributed by atoms with E-state index in [4.69, 9.17) is 16.3 Å². The Morgan fingerprint density at radius 3 is 2.89 bits per heavy atom. The third kappa shape index (κ3) is 4.90. The van der Waals surface area contributed by atoms with Gasteiger partial charge in [-0.3, -0.25) is 4.79 Å². The molecule has 1 heterocycles. The van der Waals surface area contributed by atoms with Crippen LogP contribution in [0, 0.1) is 0 Å². The maximum absolute atomic E-state index is 12.0. The first kappa shape index (κ1) is 19.9. The molecule has 0 saturated heterocycles. The van der Waals surface area contributed by atoms with Crippen LogP contribution >= 0.6 is 23.4 Å². The summed E-state index contributed by atoms with van der Waals surface area (Å²) in [6.07, 6.45) is 1.54. The lowest BCUT2D eigenvalue weighted by Crippen LogP contribution is -2.20. The van der Waals surface area contributed by atoms with Crippen LogP contribution in [0.15, 0.2) is 58.8 Å². The van der Waals surface area contributed by atoms with Crippen LogP contribution in [0.25, 0.3) is 11.4 Å². The molecule has 0 saturated carbocycles. The van der Waals surface area contributed by atoms with Crippen LogP contribution < -0.4 is 10.2 Å². The molecule has 0 unspecified atom stereocenters. The van der Waals surface area contributed by atoms with Crippen LogP contribution in [-0.2, 0) is 11.8 Å². The predicted molar refractivity (Wildman–Crippen MR) is 111 cm³/mol. The Kier molecular flexibility index (Phi) is 6.67. The largest absolute Gasteiger partial charge is 0.496 e. The molecule has 0 aliphatic heterocycles. The van der Waals surface area contributed by atoms with Crippen molar-refractivity contribution in [3.63, 3.8) is 0 Å². The highest BCUT2D eigenvalue weighted by atomic mass is 35.5. The van der Waals surface area contributed by atoms with Crippen molar-refractivity contribution < 1.29 is 9.53 Å². The third-order valence-electron chi connectivity index (χ3n) is 3.78. The summed E-state index contributed by atoms with van der Waals surface area (Å²) in [5.74, 6) is 1.27. The summed E-state index contributed by atoms with van der Waals surface area (Å²) < 4.78 is 7.05. The van der Waals surface area contributed by atoms with Crippen molar-refractivity contribution in [2.75, 3.05) is 12.9 Å². The Bertz CT molecular complexity index is 1010. The van der Waals surface area contributed by atoms with Gasteiger partial charge in [0, 0.05) is 23.2 Å². The van der Waals surface area contributed by atoms with Gasteiger partial charge in [0.25, 0.3) is 5.91 Å². The predicted octanol–water partition coefficient (Wildman–Crippen LogP) is 3.39. The number of nitrogens with zero attached hydrogens (tertiary/aromatic N) is 4. The fourth-order valence-corrected chi connectivity index (χ4v) is 3.32. The van der Waals surface area contributed by atoms with Gasteiger partial charge in [-0.1, -0.05) is 47.6 Å². The topological polar surface area (TPSA) is 81.4 Å². The van der Waals surface area contributed by atoms with E-state index in [0.717, 1.165) is 11.1 Å². The summed E-state index contributed by atoms with van der Waals surface area (Å²) in [6.45, 7) is 0. The molecule has 3 rings (SSSR count).